The largest absolute Gasteiger partial charge is 0.566 e. The molecule has 0 aromatic heterocycles. The number of carbonyl (C=O) groups excluding carboxylic acids is 1. The Hall–Kier alpha value is -2.08. The molecule has 0 bridgehead atoms. The highest BCUT2D eigenvalue weighted by Crippen LogP contribution is 2.09. The van der Waals surface area contributed by atoms with Gasteiger partial charge < -0.3 is 15.3 Å². The Morgan fingerprint density at radius 1 is 0.935 bits per heavy atom. The molecule has 0 spiro atoms. The minimum Gasteiger partial charge on any atom is -0.566 e. The van der Waals surface area contributed by atoms with Crippen molar-refractivity contribution in [3.8, 4) is 0 Å². The van der Waals surface area contributed by atoms with Crippen molar-refractivity contribution >= 4 is 20.1 Å². The predicted molar refractivity (Wildman–Crippen MR) is 122 cm³/mol. The molecule has 0 saturated carbocycles. The standard InChI is InChI=1S/C23H36NO6P/c1-2-3-4-5-6-7-8-9-10-11-12-13-14-15-16-17-18-19-22(25)24-21(23(26)27)20-30-31(28)29/h6-7,9-10,12-13,15-16,21H,2-5,8,11,14,17-20H2,1H3,(H,24,25)(H,26,27)/b7-6+,10-9+,13-12+,16-15+/t21-/m0/s1. The first kappa shape index (κ1) is 28.9. The second-order valence-electron chi connectivity index (χ2n) is 6.96. The third-order valence-electron chi connectivity index (χ3n) is 4.21. The van der Waals surface area contributed by atoms with Crippen LogP contribution in [0.1, 0.15) is 71.1 Å². The molecule has 0 radical (unpaired) electrons. The highest BCUT2D eigenvalue weighted by Gasteiger charge is 2.22. The minimum atomic E-state index is -3.15. The molecule has 1 amide bonds. The fourth-order valence-electron chi connectivity index (χ4n) is 2.52. The van der Waals surface area contributed by atoms with Crippen LogP contribution < -0.4 is 10.2 Å². The van der Waals surface area contributed by atoms with Gasteiger partial charge in [-0.25, -0.2) is 4.79 Å². The van der Waals surface area contributed by atoms with Gasteiger partial charge in [-0.2, -0.15) is 0 Å². The van der Waals surface area contributed by atoms with E-state index in [4.69, 9.17) is 5.11 Å². The van der Waals surface area contributed by atoms with E-state index in [1.807, 2.05) is 12.2 Å². The van der Waals surface area contributed by atoms with E-state index in [2.05, 4.69) is 53.2 Å². The average molecular weight is 454 g/mol. The lowest BCUT2D eigenvalue weighted by Crippen LogP contribution is -2.43. The summed E-state index contributed by atoms with van der Waals surface area (Å²) in [5.41, 5.74) is 0. The van der Waals surface area contributed by atoms with Crippen LogP contribution in [0.5, 0.6) is 0 Å². The van der Waals surface area contributed by atoms with E-state index < -0.39 is 32.8 Å². The van der Waals surface area contributed by atoms with Gasteiger partial charge in [0.1, 0.15) is 6.61 Å². The second-order valence-corrected chi connectivity index (χ2v) is 7.66. The summed E-state index contributed by atoms with van der Waals surface area (Å²) in [5, 5.41) is 11.2. The molecule has 174 valence electrons. The van der Waals surface area contributed by atoms with Crippen molar-refractivity contribution in [2.45, 2.75) is 77.2 Å². The number of aliphatic carboxylic acids is 1. The van der Waals surface area contributed by atoms with Crippen LogP contribution in [0.3, 0.4) is 0 Å². The third kappa shape index (κ3) is 21.0. The van der Waals surface area contributed by atoms with Gasteiger partial charge >= 0.3 is 14.2 Å². The van der Waals surface area contributed by atoms with Crippen LogP contribution in [0.2, 0.25) is 0 Å². The maximum atomic E-state index is 11.7. The Morgan fingerprint density at radius 3 is 1.94 bits per heavy atom. The van der Waals surface area contributed by atoms with Gasteiger partial charge in [0.15, 0.2) is 6.04 Å². The number of hydrogen-bond donors (Lipinski definition) is 2. The number of nitrogens with one attached hydrogen (secondary N) is 1. The monoisotopic (exact) mass is 453 g/mol. The maximum Gasteiger partial charge on any atom is 0.488 e. The van der Waals surface area contributed by atoms with Crippen LogP contribution in [0.25, 0.3) is 0 Å². The smallest absolute Gasteiger partial charge is 0.488 e. The lowest BCUT2D eigenvalue weighted by atomic mass is 10.2. The van der Waals surface area contributed by atoms with E-state index >= 15 is 0 Å². The summed E-state index contributed by atoms with van der Waals surface area (Å²) in [7, 11) is -3.15. The second kappa shape index (κ2) is 21.2. The Kier molecular flexibility index (Phi) is 19.7. The fourth-order valence-corrected chi connectivity index (χ4v) is 2.79. The summed E-state index contributed by atoms with van der Waals surface area (Å²) < 4.78 is 14.6. The van der Waals surface area contributed by atoms with Crippen molar-refractivity contribution in [1.82, 2.24) is 5.32 Å². The summed E-state index contributed by atoms with van der Waals surface area (Å²) in [6.07, 6.45) is 26.1. The van der Waals surface area contributed by atoms with Gasteiger partial charge in [0.05, 0.1) is 0 Å². The Bertz CT molecular complexity index is 628. The molecule has 0 aliphatic heterocycles. The number of carboxylic acid groups (broad SMARTS) is 1. The number of allylic oxidation sites excluding steroid dienone is 8. The SMILES string of the molecule is CCCCC/C=C/C/C=C/C/C=C/C/C=C/CCCC(=O)N[C@@H](CO[P+](=O)[O-])C(=O)O. The van der Waals surface area contributed by atoms with Gasteiger partial charge in [-0.1, -0.05) is 68.4 Å². The summed E-state index contributed by atoms with van der Waals surface area (Å²) >= 11 is 0. The summed E-state index contributed by atoms with van der Waals surface area (Å²) in [6.45, 7) is 1.60. The highest BCUT2D eigenvalue weighted by molar-refractivity contribution is 7.30. The van der Waals surface area contributed by atoms with Crippen molar-refractivity contribution in [3.05, 3.63) is 48.6 Å². The van der Waals surface area contributed by atoms with Gasteiger partial charge in [-0.3, -0.25) is 4.79 Å². The number of carboxylic acids is 1. The molecule has 0 rings (SSSR count). The first-order chi connectivity index (χ1) is 15.0. The van der Waals surface area contributed by atoms with E-state index in [1.165, 1.54) is 25.7 Å². The molecule has 8 heteroatoms. The quantitative estimate of drug-likeness (QED) is 0.166. The number of amides is 1. The van der Waals surface area contributed by atoms with Crippen LogP contribution in [0.15, 0.2) is 48.6 Å². The minimum absolute atomic E-state index is 0.158. The maximum absolute atomic E-state index is 11.7. The topological polar surface area (TPSA) is 116 Å². The average Bonchev–Trinajstić information content (AvgIpc) is 2.73. The molecule has 0 aromatic rings. The zero-order valence-electron chi connectivity index (χ0n) is 18.4. The van der Waals surface area contributed by atoms with Crippen molar-refractivity contribution in [1.29, 1.82) is 0 Å². The molecule has 1 unspecified atom stereocenters. The fraction of sp³-hybridized carbons (Fsp3) is 0.565. The number of hydrogen-bond acceptors (Lipinski definition) is 5. The van der Waals surface area contributed by atoms with Crippen LogP contribution in [0.4, 0.5) is 0 Å². The van der Waals surface area contributed by atoms with Gasteiger partial charge in [0.25, 0.3) is 0 Å². The van der Waals surface area contributed by atoms with Gasteiger partial charge in [0.2, 0.25) is 5.91 Å². The highest BCUT2D eigenvalue weighted by atomic mass is 31.1. The zero-order chi connectivity index (χ0) is 23.2. The van der Waals surface area contributed by atoms with Gasteiger partial charge in [-0.15, -0.1) is 4.52 Å². The Labute approximate surface area is 186 Å². The molecule has 0 heterocycles. The molecular formula is C23H36NO6P. The van der Waals surface area contributed by atoms with Gasteiger partial charge in [0, 0.05) is 6.42 Å². The molecule has 0 aromatic carbocycles. The van der Waals surface area contributed by atoms with Crippen molar-refractivity contribution in [2.75, 3.05) is 6.61 Å². The van der Waals surface area contributed by atoms with Crippen LogP contribution >= 0.6 is 8.25 Å². The summed E-state index contributed by atoms with van der Waals surface area (Å²) in [6, 6.07) is -1.38. The predicted octanol–water partition coefficient (Wildman–Crippen LogP) is 4.74. The van der Waals surface area contributed by atoms with E-state index in [9.17, 15) is 19.0 Å². The molecule has 0 fully saturated rings. The first-order valence-corrected chi connectivity index (χ1v) is 12.0. The molecule has 0 saturated heterocycles. The summed E-state index contributed by atoms with van der Waals surface area (Å²) in [5.74, 6) is -1.79. The van der Waals surface area contributed by atoms with Crippen molar-refractivity contribution < 1.29 is 28.7 Å². The lowest BCUT2D eigenvalue weighted by molar-refractivity contribution is -0.186. The first-order valence-electron chi connectivity index (χ1n) is 10.9. The lowest BCUT2D eigenvalue weighted by Gasteiger charge is -2.11. The molecular weight excluding hydrogens is 417 g/mol. The Morgan fingerprint density at radius 2 is 1.45 bits per heavy atom. The summed E-state index contributed by atoms with van der Waals surface area (Å²) in [4.78, 5) is 33.0. The van der Waals surface area contributed by atoms with Crippen molar-refractivity contribution in [2.24, 2.45) is 0 Å². The number of rotatable bonds is 19. The molecule has 31 heavy (non-hydrogen) atoms. The van der Waals surface area contributed by atoms with Crippen LogP contribution in [-0.2, 0) is 18.7 Å². The third-order valence-corrected chi connectivity index (χ3v) is 4.57. The Balaban J connectivity index is 3.77. The van der Waals surface area contributed by atoms with Gasteiger partial charge in [-0.05, 0) is 49.5 Å². The molecule has 2 N–H and O–H groups in total. The molecule has 7 nitrogen and oxygen atoms in total. The normalized spacial score (nSPS) is 13.5. The number of unbranched alkanes of at least 4 members (excludes halogenated alkanes) is 4. The molecule has 2 atom stereocenters. The molecule has 0 aliphatic carbocycles. The van der Waals surface area contributed by atoms with E-state index in [0.717, 1.165) is 19.3 Å². The van der Waals surface area contributed by atoms with Crippen molar-refractivity contribution in [3.63, 3.8) is 0 Å². The zero-order valence-corrected chi connectivity index (χ0v) is 19.3. The van der Waals surface area contributed by atoms with E-state index in [-0.39, 0.29) is 6.42 Å². The van der Waals surface area contributed by atoms with E-state index in [0.29, 0.717) is 12.8 Å². The van der Waals surface area contributed by atoms with Crippen LogP contribution in [-0.4, -0.2) is 29.6 Å². The number of carbonyl (C=O) groups is 2. The molecule has 0 aliphatic rings. The van der Waals surface area contributed by atoms with E-state index in [1.54, 1.807) is 0 Å². The van der Waals surface area contributed by atoms with Crippen LogP contribution in [0, 0.1) is 0 Å².